The van der Waals surface area contributed by atoms with Crippen molar-refractivity contribution in [2.45, 2.75) is 25.8 Å². The molecule has 0 aliphatic carbocycles. The van der Waals surface area contributed by atoms with Crippen LogP contribution in [0.4, 0.5) is 10.5 Å². The smallest absolute Gasteiger partial charge is 0.322 e. The first-order valence-electron chi connectivity index (χ1n) is 7.85. The minimum Gasteiger partial charge on any atom is -0.497 e. The maximum absolute atomic E-state index is 12.7. The molecule has 1 unspecified atom stereocenters. The molecule has 3 rings (SSSR count). The van der Waals surface area contributed by atoms with Crippen LogP contribution in [0.5, 0.6) is 11.5 Å². The Morgan fingerprint density at radius 3 is 2.83 bits per heavy atom. The van der Waals surface area contributed by atoms with Gasteiger partial charge in [0.2, 0.25) is 0 Å². The Bertz CT molecular complexity index is 728. The number of carbonyl (C=O) groups excluding carboxylic acids is 1. The fourth-order valence-corrected chi connectivity index (χ4v) is 2.94. The highest BCUT2D eigenvalue weighted by Crippen LogP contribution is 2.34. The van der Waals surface area contributed by atoms with E-state index < -0.39 is 0 Å². The molecule has 24 heavy (non-hydrogen) atoms. The van der Waals surface area contributed by atoms with Crippen LogP contribution in [0.2, 0.25) is 0 Å². The minimum atomic E-state index is -0.196. The van der Waals surface area contributed by atoms with E-state index in [1.165, 1.54) is 0 Å². The highest BCUT2D eigenvalue weighted by atomic mass is 16.5. The molecular formula is C17H21N3O4. The average Bonchev–Trinajstić information content (AvgIpc) is 3.23. The molecule has 1 aromatic heterocycles. The van der Waals surface area contributed by atoms with Gasteiger partial charge in [0.1, 0.15) is 11.5 Å². The Hall–Kier alpha value is -2.70. The number of nitrogens with one attached hydrogen (secondary N) is 1. The maximum Gasteiger partial charge on any atom is 0.322 e. The van der Waals surface area contributed by atoms with Crippen molar-refractivity contribution < 1.29 is 18.8 Å². The zero-order valence-corrected chi connectivity index (χ0v) is 14.0. The van der Waals surface area contributed by atoms with E-state index in [2.05, 4.69) is 10.5 Å². The van der Waals surface area contributed by atoms with Gasteiger partial charge in [0.15, 0.2) is 5.76 Å². The van der Waals surface area contributed by atoms with Gasteiger partial charge >= 0.3 is 6.03 Å². The van der Waals surface area contributed by atoms with Crippen LogP contribution in [-0.2, 0) is 0 Å². The van der Waals surface area contributed by atoms with Crippen LogP contribution < -0.4 is 14.8 Å². The van der Waals surface area contributed by atoms with Gasteiger partial charge in [-0.25, -0.2) is 4.79 Å². The molecule has 1 aliphatic heterocycles. The predicted octanol–water partition coefficient (Wildman–Crippen LogP) is 3.37. The van der Waals surface area contributed by atoms with Crippen molar-refractivity contribution in [3.63, 3.8) is 0 Å². The van der Waals surface area contributed by atoms with Crippen molar-refractivity contribution >= 4 is 11.7 Å². The van der Waals surface area contributed by atoms with E-state index in [0.717, 1.165) is 24.3 Å². The van der Waals surface area contributed by atoms with Crippen LogP contribution >= 0.6 is 0 Å². The van der Waals surface area contributed by atoms with Gasteiger partial charge in [0, 0.05) is 18.7 Å². The molecule has 7 heteroatoms. The van der Waals surface area contributed by atoms with Crippen molar-refractivity contribution in [2.24, 2.45) is 0 Å². The average molecular weight is 331 g/mol. The monoisotopic (exact) mass is 331 g/mol. The first-order valence-corrected chi connectivity index (χ1v) is 7.85. The number of aromatic nitrogens is 1. The van der Waals surface area contributed by atoms with Gasteiger partial charge in [0.25, 0.3) is 0 Å². The Labute approximate surface area is 140 Å². The SMILES string of the molecule is COc1ccc(OC)c(NC(=O)N2CCCC2c2cc(C)no2)c1. The van der Waals surface area contributed by atoms with Crippen molar-refractivity contribution in [3.05, 3.63) is 35.7 Å². The van der Waals surface area contributed by atoms with Crippen LogP contribution in [0.3, 0.4) is 0 Å². The summed E-state index contributed by atoms with van der Waals surface area (Å²) >= 11 is 0. The fraction of sp³-hybridized carbons (Fsp3) is 0.412. The van der Waals surface area contributed by atoms with Crippen molar-refractivity contribution in [1.82, 2.24) is 10.1 Å². The summed E-state index contributed by atoms with van der Waals surface area (Å²) in [5.74, 6) is 1.95. The Morgan fingerprint density at radius 1 is 1.33 bits per heavy atom. The summed E-state index contributed by atoms with van der Waals surface area (Å²) in [6.07, 6.45) is 1.78. The zero-order chi connectivity index (χ0) is 17.1. The number of rotatable bonds is 4. The van der Waals surface area contributed by atoms with Crippen LogP contribution in [0.25, 0.3) is 0 Å². The van der Waals surface area contributed by atoms with Gasteiger partial charge in [-0.15, -0.1) is 0 Å². The molecule has 0 saturated carbocycles. The number of carbonyl (C=O) groups is 1. The largest absolute Gasteiger partial charge is 0.497 e. The number of methoxy groups -OCH3 is 2. The van der Waals surface area contributed by atoms with E-state index in [1.54, 1.807) is 37.3 Å². The number of hydrogen-bond acceptors (Lipinski definition) is 5. The molecule has 2 aromatic rings. The van der Waals surface area contributed by atoms with E-state index in [9.17, 15) is 4.79 Å². The third-order valence-corrected chi connectivity index (χ3v) is 4.14. The molecule has 0 spiro atoms. The summed E-state index contributed by atoms with van der Waals surface area (Å²) in [6, 6.07) is 6.86. The number of amides is 2. The van der Waals surface area contributed by atoms with Crippen molar-refractivity contribution in [1.29, 1.82) is 0 Å². The number of nitrogens with zero attached hydrogens (tertiary/aromatic N) is 2. The van der Waals surface area contributed by atoms with Crippen LogP contribution in [0.15, 0.2) is 28.8 Å². The topological polar surface area (TPSA) is 76.8 Å². The van der Waals surface area contributed by atoms with Crippen LogP contribution in [-0.4, -0.2) is 36.9 Å². The fourth-order valence-electron chi connectivity index (χ4n) is 2.94. The molecule has 2 heterocycles. The number of urea groups is 1. The Balaban J connectivity index is 1.79. The zero-order valence-electron chi connectivity index (χ0n) is 14.0. The van der Waals surface area contributed by atoms with E-state index in [4.69, 9.17) is 14.0 Å². The third-order valence-electron chi connectivity index (χ3n) is 4.14. The number of hydrogen-bond donors (Lipinski definition) is 1. The molecule has 0 radical (unpaired) electrons. The van der Waals surface area contributed by atoms with Crippen molar-refractivity contribution in [2.75, 3.05) is 26.1 Å². The number of benzene rings is 1. The molecule has 1 fully saturated rings. The molecule has 1 aliphatic rings. The molecular weight excluding hydrogens is 310 g/mol. The molecule has 1 atom stereocenters. The van der Waals surface area contributed by atoms with Gasteiger partial charge in [-0.05, 0) is 31.9 Å². The first-order chi connectivity index (χ1) is 11.6. The summed E-state index contributed by atoms with van der Waals surface area (Å²) in [5.41, 5.74) is 1.38. The Kier molecular flexibility index (Phi) is 4.59. The number of aryl methyl sites for hydroxylation is 1. The maximum atomic E-state index is 12.7. The Morgan fingerprint density at radius 2 is 2.17 bits per heavy atom. The van der Waals surface area contributed by atoms with Gasteiger partial charge in [-0.1, -0.05) is 5.16 Å². The van der Waals surface area contributed by atoms with E-state index >= 15 is 0 Å². The normalized spacial score (nSPS) is 17.0. The highest BCUT2D eigenvalue weighted by molar-refractivity contribution is 5.91. The summed E-state index contributed by atoms with van der Waals surface area (Å²) in [7, 11) is 3.14. The predicted molar refractivity (Wildman–Crippen MR) is 88.5 cm³/mol. The minimum absolute atomic E-state index is 0.0946. The molecule has 0 bridgehead atoms. The second-order valence-electron chi connectivity index (χ2n) is 5.72. The van der Waals surface area contributed by atoms with Crippen molar-refractivity contribution in [3.8, 4) is 11.5 Å². The summed E-state index contributed by atoms with van der Waals surface area (Å²) in [6.45, 7) is 2.54. The molecule has 128 valence electrons. The lowest BCUT2D eigenvalue weighted by Crippen LogP contribution is -2.34. The van der Waals surface area contributed by atoms with Crippen LogP contribution in [0.1, 0.15) is 30.3 Å². The van der Waals surface area contributed by atoms with E-state index in [-0.39, 0.29) is 12.1 Å². The lowest BCUT2D eigenvalue weighted by Gasteiger charge is -2.23. The molecule has 1 N–H and O–H groups in total. The first kappa shape index (κ1) is 16.2. The summed E-state index contributed by atoms with van der Waals surface area (Å²) < 4.78 is 15.9. The molecule has 2 amide bonds. The number of anilines is 1. The quantitative estimate of drug-likeness (QED) is 0.929. The van der Waals surface area contributed by atoms with Gasteiger partial charge in [-0.2, -0.15) is 0 Å². The lowest BCUT2D eigenvalue weighted by molar-refractivity contribution is 0.195. The van der Waals surface area contributed by atoms with Crippen LogP contribution in [0, 0.1) is 6.92 Å². The van der Waals surface area contributed by atoms with Gasteiger partial charge < -0.3 is 24.2 Å². The highest BCUT2D eigenvalue weighted by Gasteiger charge is 2.33. The molecule has 1 saturated heterocycles. The van der Waals surface area contributed by atoms with E-state index in [0.29, 0.717) is 23.7 Å². The summed E-state index contributed by atoms with van der Waals surface area (Å²) in [4.78, 5) is 14.5. The molecule has 7 nitrogen and oxygen atoms in total. The summed E-state index contributed by atoms with van der Waals surface area (Å²) in [5, 5.41) is 6.82. The molecule has 1 aromatic carbocycles. The number of ether oxygens (including phenoxy) is 2. The third kappa shape index (κ3) is 3.15. The van der Waals surface area contributed by atoms with E-state index in [1.807, 2.05) is 13.0 Å². The second-order valence-corrected chi connectivity index (χ2v) is 5.72. The van der Waals surface area contributed by atoms with Gasteiger partial charge in [0.05, 0.1) is 31.6 Å². The van der Waals surface area contributed by atoms with Gasteiger partial charge in [-0.3, -0.25) is 0 Å². The number of likely N-dealkylation sites (tertiary alicyclic amines) is 1. The second kappa shape index (κ2) is 6.82. The standard InChI is InChI=1S/C17H21N3O4/c1-11-9-16(24-19-11)14-5-4-8-20(14)17(21)18-13-10-12(22-2)6-7-15(13)23-3/h6-7,9-10,14H,4-5,8H2,1-3H3,(H,18,21). The lowest BCUT2D eigenvalue weighted by atomic mass is 10.1.